The zero-order valence-electron chi connectivity index (χ0n) is 48.5. The molecule has 12 aromatic rings. The van der Waals surface area contributed by atoms with Gasteiger partial charge in [-0.3, -0.25) is 13.2 Å². The fraction of sp³-hybridized carbons (Fsp3) is 0. The molecule has 0 saturated heterocycles. The van der Waals surface area contributed by atoms with Crippen LogP contribution in [-0.4, -0.2) is 28.2 Å². The van der Waals surface area contributed by atoms with Crippen LogP contribution in [0.15, 0.2) is 237 Å². The summed E-state index contributed by atoms with van der Waals surface area (Å²) in [5.41, 5.74) is 7.26. The molecule has 0 unspecified atom stereocenters. The first kappa shape index (κ1) is 24.6. The summed E-state index contributed by atoms with van der Waals surface area (Å²) in [6.07, 6.45) is 5.37. The Balaban J connectivity index is 1.03. The zero-order valence-corrected chi connectivity index (χ0v) is 33.5. The maximum atomic E-state index is 8.87. The van der Waals surface area contributed by atoms with Crippen LogP contribution in [0.3, 0.4) is 0 Å². The van der Waals surface area contributed by atoms with Crippen LogP contribution in [0.25, 0.3) is 84.5 Å². The third kappa shape index (κ3) is 6.42. The molecule has 0 aliphatic carbocycles. The Labute approximate surface area is 391 Å². The standard InChI is InChI=1S/C57H39N7/c1-4-16-40(17-5-1)52-55(61-37-13-10-22-49(61)58-52)43-25-31-46(32-26-43)64(47-33-27-44(28-34-47)56-53(41-18-6-2-7-19-41)59-50-23-11-14-38-62(50)56)48-35-29-45(30-36-48)57-54(42-20-8-3-9-21-42)60-51-24-12-15-39-63(51)57/h1-39H/i1D,2D,3D,4D,5D,6D,7D,8D,9D,16D,17D,18D,19D,20D,21D. The van der Waals surface area contributed by atoms with Crippen LogP contribution in [0.4, 0.5) is 17.1 Å². The molecule has 6 aromatic heterocycles. The first-order valence-electron chi connectivity index (χ1n) is 27.7. The average molecular weight is 837 g/mol. The third-order valence-electron chi connectivity index (χ3n) is 11.0. The number of fused-ring (bicyclic) bond motifs is 3. The molecule has 0 N–H and O–H groups in total. The summed E-state index contributed by atoms with van der Waals surface area (Å²) in [4.78, 5) is 16.4. The lowest BCUT2D eigenvalue weighted by Gasteiger charge is -2.26. The Kier molecular flexibility index (Phi) is 5.99. The Hall–Kier alpha value is -8.81. The van der Waals surface area contributed by atoms with Gasteiger partial charge in [0.2, 0.25) is 0 Å². The maximum Gasteiger partial charge on any atom is 0.137 e. The van der Waals surface area contributed by atoms with Gasteiger partial charge in [-0.05, 0) is 72.8 Å². The van der Waals surface area contributed by atoms with Crippen LogP contribution >= 0.6 is 0 Å². The summed E-state index contributed by atoms with van der Waals surface area (Å²) in [5.74, 6) is 0. The van der Waals surface area contributed by atoms with Gasteiger partial charge < -0.3 is 4.90 Å². The normalized spacial score (nSPS) is 14.7. The van der Waals surface area contributed by atoms with Gasteiger partial charge >= 0.3 is 0 Å². The molecule has 6 heterocycles. The lowest BCUT2D eigenvalue weighted by Crippen LogP contribution is -2.10. The lowest BCUT2D eigenvalue weighted by atomic mass is 10.0. The smallest absolute Gasteiger partial charge is 0.137 e. The van der Waals surface area contributed by atoms with E-state index < -0.39 is 54.4 Å². The van der Waals surface area contributed by atoms with Crippen LogP contribution in [0.2, 0.25) is 0 Å². The molecule has 0 atom stereocenters. The van der Waals surface area contributed by atoms with Gasteiger partial charge in [-0.1, -0.05) is 145 Å². The number of imidazole rings is 3. The Bertz CT molecular complexity index is 3960. The highest BCUT2D eigenvalue weighted by atomic mass is 15.1. The van der Waals surface area contributed by atoms with Crippen molar-refractivity contribution in [2.24, 2.45) is 0 Å². The van der Waals surface area contributed by atoms with Gasteiger partial charge in [0, 0.05) is 69.0 Å². The van der Waals surface area contributed by atoms with Crippen molar-refractivity contribution in [3.63, 3.8) is 0 Å². The van der Waals surface area contributed by atoms with Crippen molar-refractivity contribution in [3.05, 3.63) is 237 Å². The monoisotopic (exact) mass is 836 g/mol. The fourth-order valence-electron chi connectivity index (χ4n) is 8.20. The molecule has 6 aromatic carbocycles. The number of anilines is 3. The number of hydrogen-bond acceptors (Lipinski definition) is 4. The van der Waals surface area contributed by atoms with Crippen molar-refractivity contribution in [2.75, 3.05) is 4.90 Å². The third-order valence-corrected chi connectivity index (χ3v) is 11.0. The highest BCUT2D eigenvalue weighted by molar-refractivity contribution is 5.88. The van der Waals surface area contributed by atoms with Gasteiger partial charge in [-0.2, -0.15) is 0 Å². The zero-order chi connectivity index (χ0) is 55.5. The second-order valence-electron chi connectivity index (χ2n) is 14.7. The van der Waals surface area contributed by atoms with Crippen LogP contribution in [0, 0.1) is 0 Å². The summed E-state index contributed by atoms with van der Waals surface area (Å²) in [6, 6.07) is 31.8. The van der Waals surface area contributed by atoms with Crippen LogP contribution in [0.5, 0.6) is 0 Å². The molecule has 0 amide bonds. The van der Waals surface area contributed by atoms with Gasteiger partial charge in [0.1, 0.15) is 16.9 Å². The highest BCUT2D eigenvalue weighted by Gasteiger charge is 2.21. The predicted molar refractivity (Wildman–Crippen MR) is 260 cm³/mol. The van der Waals surface area contributed by atoms with E-state index >= 15 is 0 Å². The molecule has 0 radical (unpaired) electrons. The van der Waals surface area contributed by atoms with E-state index in [-0.39, 0.29) is 70.0 Å². The quantitative estimate of drug-likeness (QED) is 0.145. The predicted octanol–water partition coefficient (Wildman–Crippen LogP) is 14.1. The molecular formula is C57H39N7. The molecule has 0 aliphatic rings. The second kappa shape index (κ2) is 15.6. The van der Waals surface area contributed by atoms with E-state index in [4.69, 9.17) is 35.5 Å². The number of rotatable bonds is 9. The van der Waals surface area contributed by atoms with Gasteiger partial charge in [0.05, 0.1) is 54.7 Å². The molecular weight excluding hydrogens is 783 g/mol. The highest BCUT2D eigenvalue weighted by Crippen LogP contribution is 2.41. The number of pyridine rings is 3. The summed E-state index contributed by atoms with van der Waals surface area (Å²) in [6.45, 7) is 0. The molecule has 0 fully saturated rings. The van der Waals surface area contributed by atoms with E-state index in [2.05, 4.69) is 0 Å². The first-order valence-corrected chi connectivity index (χ1v) is 20.2. The Morgan fingerprint density at radius 3 is 0.875 bits per heavy atom. The van der Waals surface area contributed by atoms with E-state index in [1.165, 1.54) is 0 Å². The largest absolute Gasteiger partial charge is 0.311 e. The molecule has 0 saturated carbocycles. The van der Waals surface area contributed by atoms with Gasteiger partial charge in [0.15, 0.2) is 0 Å². The van der Waals surface area contributed by atoms with Crippen molar-refractivity contribution >= 4 is 34.0 Å². The molecule has 0 bridgehead atoms. The average Bonchev–Trinajstić information content (AvgIpc) is 4.37. The van der Waals surface area contributed by atoms with E-state index in [9.17, 15) is 0 Å². The molecule has 0 aliphatic heterocycles. The molecule has 7 nitrogen and oxygen atoms in total. The number of nitrogens with zero attached hydrogens (tertiary/aromatic N) is 7. The van der Waals surface area contributed by atoms with Crippen molar-refractivity contribution in [2.45, 2.75) is 0 Å². The van der Waals surface area contributed by atoms with Gasteiger partial charge in [-0.15, -0.1) is 0 Å². The van der Waals surface area contributed by atoms with Crippen molar-refractivity contribution in [1.82, 2.24) is 28.2 Å². The SMILES string of the molecule is [2H]c1c([2H])c([2H])c(-c2nc3ccccn3c2-c2ccc(N(c3ccc(-c4c(-c5c([2H])c([2H])c([2H])c([2H])c5[2H])nc5ccccn45)cc3)c3ccc(-c4c(-c5c([2H])c([2H])c([2H])c([2H])c5[2H])nc5ccccn45)cc3)cc2)c([2H])c1[2H]. The molecule has 64 heavy (non-hydrogen) atoms. The topological polar surface area (TPSA) is 55.1 Å². The van der Waals surface area contributed by atoms with E-state index in [0.29, 0.717) is 67.8 Å². The van der Waals surface area contributed by atoms with E-state index in [0.717, 1.165) is 0 Å². The van der Waals surface area contributed by atoms with Crippen molar-refractivity contribution < 1.29 is 20.6 Å². The number of benzene rings is 6. The second-order valence-corrected chi connectivity index (χ2v) is 14.7. The van der Waals surface area contributed by atoms with Crippen LogP contribution < -0.4 is 4.90 Å². The minimum atomic E-state index is -0.518. The summed E-state index contributed by atoms with van der Waals surface area (Å²) in [7, 11) is 0. The van der Waals surface area contributed by atoms with E-state index in [1.807, 2.05) is 95.9 Å². The lowest BCUT2D eigenvalue weighted by molar-refractivity contribution is 1.19. The minimum absolute atomic E-state index is 0.0445. The van der Waals surface area contributed by atoms with E-state index in [1.54, 1.807) is 68.2 Å². The summed E-state index contributed by atoms with van der Waals surface area (Å²) in [5, 5.41) is 0. The Morgan fingerprint density at radius 2 is 0.594 bits per heavy atom. The van der Waals surface area contributed by atoms with Crippen molar-refractivity contribution in [1.29, 1.82) is 0 Å². The van der Waals surface area contributed by atoms with Gasteiger partial charge in [0.25, 0.3) is 0 Å². The fourth-order valence-corrected chi connectivity index (χ4v) is 8.20. The van der Waals surface area contributed by atoms with Crippen LogP contribution in [0.1, 0.15) is 20.6 Å². The van der Waals surface area contributed by atoms with Crippen molar-refractivity contribution in [3.8, 4) is 67.5 Å². The minimum Gasteiger partial charge on any atom is -0.311 e. The summed E-state index contributed by atoms with van der Waals surface area (Å²) >= 11 is 0. The van der Waals surface area contributed by atoms with Crippen LogP contribution in [-0.2, 0) is 0 Å². The summed E-state index contributed by atoms with van der Waals surface area (Å²) < 4.78 is 134. The Morgan fingerprint density at radius 1 is 0.312 bits per heavy atom. The van der Waals surface area contributed by atoms with Gasteiger partial charge in [-0.25, -0.2) is 15.0 Å². The number of aromatic nitrogens is 6. The maximum absolute atomic E-state index is 8.87. The molecule has 7 heteroatoms. The molecule has 0 spiro atoms. The number of hydrogen-bond donors (Lipinski definition) is 0. The first-order chi connectivity index (χ1) is 38.0. The molecule has 302 valence electrons. The molecule has 12 rings (SSSR count).